The fourth-order valence-corrected chi connectivity index (χ4v) is 3.42. The van der Waals surface area contributed by atoms with Crippen molar-refractivity contribution >= 4 is 11.8 Å². The Hall–Kier alpha value is 0.270. The van der Waals surface area contributed by atoms with Crippen LogP contribution in [0.15, 0.2) is 0 Å². The van der Waals surface area contributed by atoms with Gasteiger partial charge in [0.1, 0.15) is 0 Å². The summed E-state index contributed by atoms with van der Waals surface area (Å²) in [7, 11) is 0. The molecule has 2 nitrogen and oxygen atoms in total. The second-order valence-electron chi connectivity index (χ2n) is 5.15. The van der Waals surface area contributed by atoms with E-state index in [-0.39, 0.29) is 0 Å². The van der Waals surface area contributed by atoms with Gasteiger partial charge in [-0.3, -0.25) is 0 Å². The van der Waals surface area contributed by atoms with Crippen LogP contribution in [0.4, 0.5) is 0 Å². The highest BCUT2D eigenvalue weighted by Gasteiger charge is 2.15. The Labute approximate surface area is 112 Å². The predicted octanol–water partition coefficient (Wildman–Crippen LogP) is 2.98. The van der Waals surface area contributed by atoms with E-state index in [9.17, 15) is 0 Å². The molecular weight excluding hydrogens is 228 g/mol. The van der Waals surface area contributed by atoms with Gasteiger partial charge in [0.15, 0.2) is 0 Å². The van der Waals surface area contributed by atoms with Gasteiger partial charge >= 0.3 is 0 Å². The average molecular weight is 258 g/mol. The molecule has 17 heavy (non-hydrogen) atoms. The minimum absolute atomic E-state index is 0.849. The van der Waals surface area contributed by atoms with Gasteiger partial charge < -0.3 is 10.2 Å². The van der Waals surface area contributed by atoms with Crippen molar-refractivity contribution in [3.63, 3.8) is 0 Å². The molecule has 1 N–H and O–H groups in total. The maximum atomic E-state index is 3.47. The van der Waals surface area contributed by atoms with Crippen molar-refractivity contribution < 1.29 is 0 Å². The Bertz CT molecular complexity index is 176. The average Bonchev–Trinajstić information content (AvgIpc) is 2.33. The van der Waals surface area contributed by atoms with Crippen molar-refractivity contribution in [2.24, 2.45) is 0 Å². The molecule has 0 amide bonds. The number of unbranched alkanes of at least 4 members (excludes halogenated alkanes) is 3. The molecule has 0 aromatic heterocycles. The summed E-state index contributed by atoms with van der Waals surface area (Å²) in [5.41, 5.74) is 0. The van der Waals surface area contributed by atoms with Crippen LogP contribution in [0.25, 0.3) is 0 Å². The first kappa shape index (κ1) is 15.3. The second-order valence-corrected chi connectivity index (χ2v) is 6.69. The van der Waals surface area contributed by atoms with E-state index in [1.165, 1.54) is 70.6 Å². The molecule has 1 saturated heterocycles. The van der Waals surface area contributed by atoms with Crippen LogP contribution in [0.5, 0.6) is 0 Å². The van der Waals surface area contributed by atoms with Crippen LogP contribution in [0.2, 0.25) is 0 Å². The number of rotatable bonds is 9. The van der Waals surface area contributed by atoms with Crippen LogP contribution in [0.3, 0.4) is 0 Å². The molecule has 0 spiro atoms. The van der Waals surface area contributed by atoms with Crippen molar-refractivity contribution in [2.75, 3.05) is 38.5 Å². The first-order valence-electron chi connectivity index (χ1n) is 7.37. The topological polar surface area (TPSA) is 15.3 Å². The molecule has 0 aromatic rings. The highest BCUT2D eigenvalue weighted by Crippen LogP contribution is 2.18. The first-order chi connectivity index (χ1) is 8.33. The van der Waals surface area contributed by atoms with E-state index in [1.54, 1.807) is 0 Å². The quantitative estimate of drug-likeness (QED) is 0.640. The second kappa shape index (κ2) is 10.2. The number of nitrogens with one attached hydrogen (secondary N) is 1. The molecule has 0 aliphatic carbocycles. The van der Waals surface area contributed by atoms with Gasteiger partial charge in [-0.1, -0.05) is 26.7 Å². The maximum Gasteiger partial charge on any atom is 0.0147 e. The normalized spacial score (nSPS) is 21.9. The summed E-state index contributed by atoms with van der Waals surface area (Å²) in [6.07, 6.45) is 6.81. The van der Waals surface area contributed by atoms with Gasteiger partial charge in [0.2, 0.25) is 0 Å². The third kappa shape index (κ3) is 8.06. The lowest BCUT2D eigenvalue weighted by Crippen LogP contribution is -2.37. The summed E-state index contributed by atoms with van der Waals surface area (Å²) in [5, 5.41) is 4.32. The molecule has 0 saturated carbocycles. The van der Waals surface area contributed by atoms with Crippen molar-refractivity contribution in [3.05, 3.63) is 0 Å². The molecular formula is C14H30N2S. The Morgan fingerprint density at radius 3 is 2.76 bits per heavy atom. The molecule has 0 radical (unpaired) electrons. The maximum absolute atomic E-state index is 3.47. The van der Waals surface area contributed by atoms with Gasteiger partial charge in [-0.15, -0.1) is 0 Å². The van der Waals surface area contributed by atoms with Crippen molar-refractivity contribution in [1.82, 2.24) is 10.2 Å². The first-order valence-corrected chi connectivity index (χ1v) is 8.42. The number of hydrogen-bond acceptors (Lipinski definition) is 3. The van der Waals surface area contributed by atoms with Gasteiger partial charge in [0, 0.05) is 24.1 Å². The molecule has 1 heterocycles. The summed E-state index contributed by atoms with van der Waals surface area (Å²) in [5.74, 6) is 1.34. The van der Waals surface area contributed by atoms with Crippen LogP contribution in [-0.4, -0.2) is 48.6 Å². The zero-order valence-electron chi connectivity index (χ0n) is 11.7. The summed E-state index contributed by atoms with van der Waals surface area (Å²) in [6, 6.07) is 0. The molecule has 3 heteroatoms. The van der Waals surface area contributed by atoms with E-state index in [1.807, 2.05) is 0 Å². The molecule has 102 valence electrons. The summed E-state index contributed by atoms with van der Waals surface area (Å²) < 4.78 is 0. The number of hydrogen-bond donors (Lipinski definition) is 1. The molecule has 0 aromatic carbocycles. The number of thioether (sulfide) groups is 1. The fraction of sp³-hybridized carbons (Fsp3) is 1.00. The van der Waals surface area contributed by atoms with E-state index < -0.39 is 0 Å². The molecule has 0 bridgehead atoms. The van der Waals surface area contributed by atoms with Gasteiger partial charge in [-0.25, -0.2) is 0 Å². The Morgan fingerprint density at radius 2 is 2.00 bits per heavy atom. The highest BCUT2D eigenvalue weighted by atomic mass is 32.2. The third-order valence-electron chi connectivity index (χ3n) is 3.33. The lowest BCUT2D eigenvalue weighted by molar-refractivity contribution is 0.279. The Balaban J connectivity index is 1.83. The predicted molar refractivity (Wildman–Crippen MR) is 80.0 cm³/mol. The minimum atomic E-state index is 0.849. The van der Waals surface area contributed by atoms with Crippen molar-refractivity contribution in [2.45, 2.75) is 51.2 Å². The zero-order valence-corrected chi connectivity index (χ0v) is 12.5. The van der Waals surface area contributed by atoms with Crippen LogP contribution in [0, 0.1) is 0 Å². The monoisotopic (exact) mass is 258 g/mol. The van der Waals surface area contributed by atoms with E-state index in [0.717, 1.165) is 5.25 Å². The van der Waals surface area contributed by atoms with E-state index >= 15 is 0 Å². The Kier molecular flexibility index (Phi) is 9.21. The van der Waals surface area contributed by atoms with Gasteiger partial charge in [-0.05, 0) is 38.9 Å². The van der Waals surface area contributed by atoms with Crippen LogP contribution >= 0.6 is 11.8 Å². The minimum Gasteiger partial charge on any atom is -0.317 e. The molecule has 1 fully saturated rings. The molecule has 1 unspecified atom stereocenters. The lowest BCUT2D eigenvalue weighted by atomic mass is 10.2. The smallest absolute Gasteiger partial charge is 0.0147 e. The van der Waals surface area contributed by atoms with Crippen LogP contribution in [-0.2, 0) is 0 Å². The van der Waals surface area contributed by atoms with Crippen molar-refractivity contribution in [1.29, 1.82) is 0 Å². The summed E-state index contributed by atoms with van der Waals surface area (Å²) >= 11 is 2.13. The molecule has 1 rings (SSSR count). The fourth-order valence-electron chi connectivity index (χ4n) is 2.33. The largest absolute Gasteiger partial charge is 0.317 e. The van der Waals surface area contributed by atoms with Crippen molar-refractivity contribution in [3.8, 4) is 0 Å². The standard InChI is InChI=1S/C14H30N2S/c1-3-8-15-9-6-4-5-7-10-16-11-12-17-14(2)13-16/h14-15H,3-13H2,1-2H3. The molecule has 1 aliphatic rings. The van der Waals surface area contributed by atoms with Gasteiger partial charge in [0.25, 0.3) is 0 Å². The Morgan fingerprint density at radius 1 is 1.18 bits per heavy atom. The van der Waals surface area contributed by atoms with E-state index in [4.69, 9.17) is 0 Å². The number of nitrogens with zero attached hydrogens (tertiary/aromatic N) is 1. The molecule has 1 aliphatic heterocycles. The van der Waals surface area contributed by atoms with Gasteiger partial charge in [-0.2, -0.15) is 11.8 Å². The van der Waals surface area contributed by atoms with Crippen LogP contribution < -0.4 is 5.32 Å². The molecule has 1 atom stereocenters. The summed E-state index contributed by atoms with van der Waals surface area (Å²) in [6.45, 7) is 10.9. The van der Waals surface area contributed by atoms with E-state index in [2.05, 4.69) is 35.8 Å². The highest BCUT2D eigenvalue weighted by molar-refractivity contribution is 7.99. The zero-order chi connectivity index (χ0) is 12.3. The van der Waals surface area contributed by atoms with E-state index in [0.29, 0.717) is 0 Å². The van der Waals surface area contributed by atoms with Crippen LogP contribution in [0.1, 0.15) is 46.0 Å². The van der Waals surface area contributed by atoms with Gasteiger partial charge in [0.05, 0.1) is 0 Å². The third-order valence-corrected chi connectivity index (χ3v) is 4.47. The summed E-state index contributed by atoms with van der Waals surface area (Å²) in [4.78, 5) is 2.65. The lowest BCUT2D eigenvalue weighted by Gasteiger charge is -2.30. The SMILES string of the molecule is CCCNCCCCCCN1CCSC(C)C1.